The molecule has 2 N–H and O–H groups in total. The molecule has 1 aliphatic heterocycles. The number of nitro benzene ring substituents is 1. The van der Waals surface area contributed by atoms with Crippen molar-refractivity contribution in [1.29, 1.82) is 0 Å². The van der Waals surface area contributed by atoms with E-state index in [-0.39, 0.29) is 22.6 Å². The summed E-state index contributed by atoms with van der Waals surface area (Å²) in [4.78, 5) is 51.7. The number of nitrogens with two attached hydrogens (primary N) is 1. The first-order valence-electron chi connectivity index (χ1n) is 7.62. The fourth-order valence-electron chi connectivity index (χ4n) is 2.45. The van der Waals surface area contributed by atoms with Crippen LogP contribution in [0, 0.1) is 10.1 Å². The number of hydrogen-bond acceptors (Lipinski definition) is 7. The molecule has 0 aromatic heterocycles. The number of rotatable bonds is 5. The molecule has 0 aliphatic carbocycles. The largest absolute Gasteiger partial charge is 0.380 e. The van der Waals surface area contributed by atoms with E-state index >= 15 is 0 Å². The number of nitro groups is 1. The lowest BCUT2D eigenvalue weighted by Crippen LogP contribution is -2.35. The summed E-state index contributed by atoms with van der Waals surface area (Å²) in [5.74, 6) is -2.35. The Labute approximate surface area is 152 Å². The second-order valence-electron chi connectivity index (χ2n) is 5.49. The van der Waals surface area contributed by atoms with Gasteiger partial charge in [-0.2, -0.15) is 0 Å². The molecular formula is C17H12N4O6. The van der Waals surface area contributed by atoms with Crippen LogP contribution in [-0.2, 0) is 9.63 Å². The third kappa shape index (κ3) is 3.49. The predicted octanol–water partition coefficient (Wildman–Crippen LogP) is 1.05. The van der Waals surface area contributed by atoms with Crippen LogP contribution in [0.3, 0.4) is 0 Å². The van der Waals surface area contributed by atoms with Crippen molar-refractivity contribution >= 4 is 29.3 Å². The van der Waals surface area contributed by atoms with E-state index in [1.807, 2.05) is 0 Å². The molecule has 3 rings (SSSR count). The number of imide groups is 1. The highest BCUT2D eigenvalue weighted by atomic mass is 16.7. The third-order valence-electron chi connectivity index (χ3n) is 3.79. The van der Waals surface area contributed by atoms with Crippen molar-refractivity contribution < 1.29 is 24.1 Å². The van der Waals surface area contributed by atoms with E-state index in [2.05, 4.69) is 9.99 Å². The van der Waals surface area contributed by atoms with Crippen molar-refractivity contribution in [3.8, 4) is 0 Å². The van der Waals surface area contributed by atoms with Crippen molar-refractivity contribution in [1.82, 2.24) is 4.90 Å². The van der Waals surface area contributed by atoms with Crippen LogP contribution in [0.4, 0.5) is 5.69 Å². The highest BCUT2D eigenvalue weighted by Crippen LogP contribution is 2.22. The summed E-state index contributed by atoms with van der Waals surface area (Å²) in [6.07, 6.45) is 0. The molecule has 0 bridgehead atoms. The summed E-state index contributed by atoms with van der Waals surface area (Å²) < 4.78 is 0. The molecule has 1 heterocycles. The van der Waals surface area contributed by atoms with E-state index in [0.717, 1.165) is 4.90 Å². The van der Waals surface area contributed by atoms with Gasteiger partial charge in [-0.1, -0.05) is 17.3 Å². The van der Waals surface area contributed by atoms with Crippen LogP contribution in [0.2, 0.25) is 0 Å². The van der Waals surface area contributed by atoms with Gasteiger partial charge in [0.25, 0.3) is 17.5 Å². The van der Waals surface area contributed by atoms with Gasteiger partial charge in [0.15, 0.2) is 5.84 Å². The second kappa shape index (κ2) is 7.04. The van der Waals surface area contributed by atoms with Gasteiger partial charge in [-0.05, 0) is 24.3 Å². The fraction of sp³-hybridized carbons (Fsp3) is 0.0588. The molecule has 136 valence electrons. The number of carbonyl (C=O) groups excluding carboxylic acids is 3. The number of nitrogens with zero attached hydrogens (tertiary/aromatic N) is 3. The van der Waals surface area contributed by atoms with Crippen molar-refractivity contribution in [2.24, 2.45) is 10.9 Å². The Morgan fingerprint density at radius 1 is 1.07 bits per heavy atom. The Kier molecular flexibility index (Phi) is 4.62. The van der Waals surface area contributed by atoms with Crippen molar-refractivity contribution in [3.63, 3.8) is 0 Å². The number of amidine groups is 1. The molecule has 0 spiro atoms. The molecule has 10 nitrogen and oxygen atoms in total. The van der Waals surface area contributed by atoms with Gasteiger partial charge in [-0.15, -0.1) is 0 Å². The minimum atomic E-state index is -0.964. The van der Waals surface area contributed by atoms with E-state index in [1.165, 1.54) is 36.4 Å². The van der Waals surface area contributed by atoms with Crippen molar-refractivity contribution in [3.05, 3.63) is 75.3 Å². The summed E-state index contributed by atoms with van der Waals surface area (Å²) in [5.41, 5.74) is 6.25. The van der Waals surface area contributed by atoms with Crippen LogP contribution >= 0.6 is 0 Å². The van der Waals surface area contributed by atoms with E-state index in [0.29, 0.717) is 5.56 Å². The Morgan fingerprint density at radius 3 is 2.15 bits per heavy atom. The average Bonchev–Trinajstić information content (AvgIpc) is 2.91. The van der Waals surface area contributed by atoms with Crippen LogP contribution in [0.15, 0.2) is 53.7 Å². The summed E-state index contributed by atoms with van der Waals surface area (Å²) >= 11 is 0. The topological polar surface area (TPSA) is 145 Å². The van der Waals surface area contributed by atoms with Crippen LogP contribution in [0.1, 0.15) is 26.3 Å². The average molecular weight is 368 g/mol. The molecule has 2 aromatic rings. The van der Waals surface area contributed by atoms with Gasteiger partial charge in [0.1, 0.15) is 6.54 Å². The number of benzene rings is 2. The zero-order valence-electron chi connectivity index (χ0n) is 13.7. The summed E-state index contributed by atoms with van der Waals surface area (Å²) in [6, 6.07) is 11.3. The Balaban J connectivity index is 1.64. The highest BCUT2D eigenvalue weighted by Gasteiger charge is 2.36. The first-order chi connectivity index (χ1) is 12.9. The normalized spacial score (nSPS) is 13.5. The molecule has 0 saturated carbocycles. The highest BCUT2D eigenvalue weighted by molar-refractivity contribution is 6.22. The van der Waals surface area contributed by atoms with Crippen LogP contribution < -0.4 is 5.73 Å². The van der Waals surface area contributed by atoms with Crippen LogP contribution in [-0.4, -0.2) is 40.0 Å². The van der Waals surface area contributed by atoms with Gasteiger partial charge >= 0.3 is 5.97 Å². The number of oxime groups is 1. The first kappa shape index (κ1) is 17.7. The Hall–Kier alpha value is -4.08. The molecule has 0 radical (unpaired) electrons. The van der Waals surface area contributed by atoms with E-state index in [1.54, 1.807) is 12.1 Å². The maximum atomic E-state index is 12.2. The number of hydrogen-bond donors (Lipinski definition) is 1. The SMILES string of the molecule is NC(=NOC(=O)CN1C(=O)c2ccccc2C1=O)c1ccc([N+](=O)[O-])cc1. The third-order valence-corrected chi connectivity index (χ3v) is 3.79. The molecular weight excluding hydrogens is 356 g/mol. The fourth-order valence-corrected chi connectivity index (χ4v) is 2.45. The minimum Gasteiger partial charge on any atom is -0.380 e. The van der Waals surface area contributed by atoms with Crippen molar-refractivity contribution in [2.45, 2.75) is 0 Å². The van der Waals surface area contributed by atoms with Gasteiger partial charge in [-0.3, -0.25) is 24.6 Å². The van der Waals surface area contributed by atoms with E-state index in [4.69, 9.17) is 5.73 Å². The number of non-ortho nitro benzene ring substituents is 1. The van der Waals surface area contributed by atoms with E-state index < -0.39 is 29.3 Å². The standard InChI is InChI=1S/C17H12N4O6/c18-15(10-5-7-11(8-6-10)21(25)26)19-27-14(22)9-20-16(23)12-3-1-2-4-13(12)17(20)24/h1-8H,9H2,(H2,18,19). The van der Waals surface area contributed by atoms with Gasteiger partial charge in [0.05, 0.1) is 16.1 Å². The lowest BCUT2D eigenvalue weighted by atomic mass is 10.1. The van der Waals surface area contributed by atoms with E-state index in [9.17, 15) is 24.5 Å². The lowest BCUT2D eigenvalue weighted by Gasteiger charge is -2.11. The van der Waals surface area contributed by atoms with Gasteiger partial charge < -0.3 is 10.6 Å². The molecule has 0 atom stereocenters. The lowest BCUT2D eigenvalue weighted by molar-refractivity contribution is -0.384. The quantitative estimate of drug-likeness (QED) is 0.207. The number of amides is 2. The molecule has 1 aliphatic rings. The molecule has 2 aromatic carbocycles. The zero-order chi connectivity index (χ0) is 19.6. The minimum absolute atomic E-state index is 0.130. The van der Waals surface area contributed by atoms with Gasteiger partial charge in [0.2, 0.25) is 0 Å². The van der Waals surface area contributed by atoms with Gasteiger partial charge in [-0.25, -0.2) is 4.79 Å². The molecule has 10 heteroatoms. The number of fused-ring (bicyclic) bond motifs is 1. The predicted molar refractivity (Wildman–Crippen MR) is 91.7 cm³/mol. The molecule has 0 unspecified atom stereocenters. The first-order valence-corrected chi connectivity index (χ1v) is 7.62. The zero-order valence-corrected chi connectivity index (χ0v) is 13.7. The number of carbonyl (C=O) groups is 3. The molecule has 2 amide bonds. The molecule has 0 saturated heterocycles. The van der Waals surface area contributed by atoms with Crippen molar-refractivity contribution in [2.75, 3.05) is 6.54 Å². The monoisotopic (exact) mass is 368 g/mol. The smallest absolute Gasteiger partial charge is 0.354 e. The van der Waals surface area contributed by atoms with Crippen LogP contribution in [0.5, 0.6) is 0 Å². The van der Waals surface area contributed by atoms with Gasteiger partial charge in [0, 0.05) is 17.7 Å². The Bertz CT molecular complexity index is 948. The molecule has 0 fully saturated rings. The van der Waals surface area contributed by atoms with Crippen LogP contribution in [0.25, 0.3) is 0 Å². The Morgan fingerprint density at radius 2 is 1.63 bits per heavy atom. The molecule has 27 heavy (non-hydrogen) atoms. The second-order valence-corrected chi connectivity index (χ2v) is 5.49. The summed E-state index contributed by atoms with van der Waals surface area (Å²) in [7, 11) is 0. The summed E-state index contributed by atoms with van der Waals surface area (Å²) in [6.45, 7) is -0.622. The maximum Gasteiger partial charge on any atom is 0.354 e. The summed E-state index contributed by atoms with van der Waals surface area (Å²) in [5, 5.41) is 14.0. The maximum absolute atomic E-state index is 12.2.